The van der Waals surface area contributed by atoms with Crippen LogP contribution in [-0.4, -0.2) is 42.7 Å². The van der Waals surface area contributed by atoms with Gasteiger partial charge < -0.3 is 10.2 Å². The van der Waals surface area contributed by atoms with Gasteiger partial charge >= 0.3 is 0 Å². The summed E-state index contributed by atoms with van der Waals surface area (Å²) in [7, 11) is 0. The maximum absolute atomic E-state index is 13.3. The second kappa shape index (κ2) is 8.93. The van der Waals surface area contributed by atoms with Gasteiger partial charge in [-0.25, -0.2) is 4.39 Å². The third-order valence-corrected chi connectivity index (χ3v) is 3.89. The highest BCUT2D eigenvalue weighted by atomic mass is 32.2. The van der Waals surface area contributed by atoms with E-state index >= 15 is 0 Å². The fourth-order valence-electron chi connectivity index (χ4n) is 1.65. The topological polar surface area (TPSA) is 32.3 Å². The van der Waals surface area contributed by atoms with Crippen molar-refractivity contribution >= 4 is 17.7 Å². The third kappa shape index (κ3) is 6.07. The summed E-state index contributed by atoms with van der Waals surface area (Å²) in [6.07, 6.45) is 0. The van der Waals surface area contributed by atoms with Gasteiger partial charge in [0.15, 0.2) is 0 Å². The van der Waals surface area contributed by atoms with Gasteiger partial charge in [-0.3, -0.25) is 4.79 Å². The summed E-state index contributed by atoms with van der Waals surface area (Å²) in [6, 6.07) is 6.50. The molecule has 0 radical (unpaired) electrons. The zero-order valence-corrected chi connectivity index (χ0v) is 12.3. The molecule has 0 aliphatic heterocycles. The van der Waals surface area contributed by atoms with Crippen molar-refractivity contribution in [2.24, 2.45) is 0 Å². The Labute approximate surface area is 118 Å². The molecular weight excluding hydrogens is 263 g/mol. The van der Waals surface area contributed by atoms with Crippen molar-refractivity contribution in [1.29, 1.82) is 0 Å². The Morgan fingerprint density at radius 1 is 1.32 bits per heavy atom. The maximum atomic E-state index is 13.3. The Bertz CT molecular complexity index is 397. The Morgan fingerprint density at radius 3 is 2.63 bits per heavy atom. The predicted octanol–water partition coefficient (Wildman–Crippen LogP) is 2.38. The molecule has 1 aromatic carbocycles. The van der Waals surface area contributed by atoms with E-state index in [9.17, 15) is 9.18 Å². The van der Waals surface area contributed by atoms with Crippen molar-refractivity contribution in [3.8, 4) is 0 Å². The van der Waals surface area contributed by atoms with Gasteiger partial charge in [-0.2, -0.15) is 0 Å². The molecule has 0 spiro atoms. The molecule has 0 heterocycles. The summed E-state index contributed by atoms with van der Waals surface area (Å²) in [5.41, 5.74) is 0. The van der Waals surface area contributed by atoms with Gasteiger partial charge in [0.2, 0.25) is 5.91 Å². The normalized spacial score (nSPS) is 10.7. The molecule has 3 nitrogen and oxygen atoms in total. The van der Waals surface area contributed by atoms with Crippen molar-refractivity contribution in [1.82, 2.24) is 10.2 Å². The summed E-state index contributed by atoms with van der Waals surface area (Å²) in [5.74, 6) is -0.0806. The second-order valence-corrected chi connectivity index (χ2v) is 5.11. The molecule has 1 rings (SSSR count). The minimum absolute atomic E-state index is 0.0552. The van der Waals surface area contributed by atoms with Crippen LogP contribution in [0.4, 0.5) is 4.39 Å². The average Bonchev–Trinajstić information content (AvgIpc) is 2.43. The molecule has 1 aromatic rings. The highest BCUT2D eigenvalue weighted by Crippen LogP contribution is 2.20. The Hall–Kier alpha value is -1.07. The smallest absolute Gasteiger partial charge is 0.230 e. The molecule has 0 bridgehead atoms. The highest BCUT2D eigenvalue weighted by molar-refractivity contribution is 8.00. The molecule has 0 fully saturated rings. The van der Waals surface area contributed by atoms with Crippen LogP contribution < -0.4 is 5.32 Å². The number of hydrogen-bond donors (Lipinski definition) is 1. The van der Waals surface area contributed by atoms with E-state index in [0.29, 0.717) is 11.4 Å². The van der Waals surface area contributed by atoms with Gasteiger partial charge in [-0.15, -0.1) is 11.8 Å². The van der Waals surface area contributed by atoms with Gasteiger partial charge in [-0.05, 0) is 25.2 Å². The Balaban J connectivity index is 2.23. The molecule has 0 atom stereocenters. The molecule has 0 unspecified atom stereocenters. The lowest BCUT2D eigenvalue weighted by molar-refractivity contribution is -0.118. The number of carbonyl (C=O) groups is 1. The van der Waals surface area contributed by atoms with Gasteiger partial charge in [-0.1, -0.05) is 26.0 Å². The summed E-state index contributed by atoms with van der Waals surface area (Å²) in [6.45, 7) is 7.65. The standard InChI is InChI=1S/C14H21FN2OS/c1-3-17(4-2)10-9-16-14(18)11-19-13-8-6-5-7-12(13)15/h5-8H,3-4,9-11H2,1-2H3,(H,16,18). The quantitative estimate of drug-likeness (QED) is 0.744. The number of thioether (sulfide) groups is 1. The van der Waals surface area contributed by atoms with E-state index in [0.717, 1.165) is 19.6 Å². The first kappa shape index (κ1) is 16.0. The van der Waals surface area contributed by atoms with E-state index in [-0.39, 0.29) is 17.5 Å². The van der Waals surface area contributed by atoms with Crippen LogP contribution in [0.5, 0.6) is 0 Å². The fourth-order valence-corrected chi connectivity index (χ4v) is 2.42. The van der Waals surface area contributed by atoms with E-state index < -0.39 is 0 Å². The number of carbonyl (C=O) groups excluding carboxylic acids is 1. The maximum Gasteiger partial charge on any atom is 0.230 e. The highest BCUT2D eigenvalue weighted by Gasteiger charge is 2.06. The minimum atomic E-state index is -0.275. The number of likely N-dealkylation sites (N-methyl/N-ethyl adjacent to an activating group) is 1. The molecule has 1 N–H and O–H groups in total. The Kier molecular flexibility index (Phi) is 7.52. The molecule has 0 aromatic heterocycles. The molecular formula is C14H21FN2OS. The zero-order chi connectivity index (χ0) is 14.1. The first-order valence-electron chi connectivity index (χ1n) is 6.53. The number of halogens is 1. The van der Waals surface area contributed by atoms with E-state index in [1.165, 1.54) is 17.8 Å². The monoisotopic (exact) mass is 284 g/mol. The molecule has 0 saturated heterocycles. The molecule has 106 valence electrons. The molecule has 0 aliphatic carbocycles. The predicted molar refractivity (Wildman–Crippen MR) is 77.9 cm³/mol. The van der Waals surface area contributed by atoms with Crippen LogP contribution in [0.25, 0.3) is 0 Å². The third-order valence-electron chi connectivity index (χ3n) is 2.84. The van der Waals surface area contributed by atoms with Gasteiger partial charge in [0.25, 0.3) is 0 Å². The largest absolute Gasteiger partial charge is 0.354 e. The van der Waals surface area contributed by atoms with E-state index in [4.69, 9.17) is 0 Å². The lowest BCUT2D eigenvalue weighted by Crippen LogP contribution is -2.35. The van der Waals surface area contributed by atoms with Crippen molar-refractivity contribution in [2.75, 3.05) is 31.9 Å². The van der Waals surface area contributed by atoms with E-state index in [2.05, 4.69) is 24.1 Å². The van der Waals surface area contributed by atoms with Gasteiger partial charge in [0.05, 0.1) is 5.75 Å². The SMILES string of the molecule is CCN(CC)CCNC(=O)CSc1ccccc1F. The van der Waals surface area contributed by atoms with Crippen LogP contribution in [0, 0.1) is 5.82 Å². The molecule has 19 heavy (non-hydrogen) atoms. The second-order valence-electron chi connectivity index (χ2n) is 4.10. The van der Waals surface area contributed by atoms with Gasteiger partial charge in [0, 0.05) is 18.0 Å². The van der Waals surface area contributed by atoms with Crippen molar-refractivity contribution in [3.05, 3.63) is 30.1 Å². The number of amides is 1. The number of nitrogens with one attached hydrogen (secondary N) is 1. The first-order valence-corrected chi connectivity index (χ1v) is 7.52. The zero-order valence-electron chi connectivity index (χ0n) is 11.5. The Morgan fingerprint density at radius 2 is 2.00 bits per heavy atom. The molecule has 0 aliphatic rings. The first-order chi connectivity index (χ1) is 9.17. The van der Waals surface area contributed by atoms with E-state index in [1.807, 2.05) is 0 Å². The molecule has 5 heteroatoms. The van der Waals surface area contributed by atoms with Crippen molar-refractivity contribution < 1.29 is 9.18 Å². The van der Waals surface area contributed by atoms with Gasteiger partial charge in [0.1, 0.15) is 5.82 Å². The summed E-state index contributed by atoms with van der Waals surface area (Å²) in [5, 5.41) is 2.85. The summed E-state index contributed by atoms with van der Waals surface area (Å²) in [4.78, 5) is 14.4. The number of benzene rings is 1. The lowest BCUT2D eigenvalue weighted by atomic mass is 10.3. The van der Waals surface area contributed by atoms with E-state index in [1.54, 1.807) is 18.2 Å². The fraction of sp³-hybridized carbons (Fsp3) is 0.500. The van der Waals surface area contributed by atoms with Crippen molar-refractivity contribution in [3.63, 3.8) is 0 Å². The van der Waals surface area contributed by atoms with Crippen LogP contribution in [0.2, 0.25) is 0 Å². The van der Waals surface area contributed by atoms with Crippen LogP contribution in [0.15, 0.2) is 29.2 Å². The lowest BCUT2D eigenvalue weighted by Gasteiger charge is -2.17. The summed E-state index contributed by atoms with van der Waals surface area (Å²) < 4.78 is 13.3. The van der Waals surface area contributed by atoms with Crippen LogP contribution in [0.3, 0.4) is 0 Å². The number of rotatable bonds is 8. The van der Waals surface area contributed by atoms with Crippen LogP contribution >= 0.6 is 11.8 Å². The number of nitrogens with zero attached hydrogens (tertiary/aromatic N) is 1. The van der Waals surface area contributed by atoms with Crippen LogP contribution in [-0.2, 0) is 4.79 Å². The number of hydrogen-bond acceptors (Lipinski definition) is 3. The molecule has 1 amide bonds. The van der Waals surface area contributed by atoms with Crippen LogP contribution in [0.1, 0.15) is 13.8 Å². The minimum Gasteiger partial charge on any atom is -0.354 e. The molecule has 0 saturated carbocycles. The average molecular weight is 284 g/mol. The van der Waals surface area contributed by atoms with Crippen molar-refractivity contribution in [2.45, 2.75) is 18.7 Å². The summed E-state index contributed by atoms with van der Waals surface area (Å²) >= 11 is 1.22.